The quantitative estimate of drug-likeness (QED) is 0.867. The molecule has 1 heterocycles. The number of likely N-dealkylation sites (N-methyl/N-ethyl adjacent to an activating group) is 1. The number of rotatable bonds is 6. The Balaban J connectivity index is 1.80. The van der Waals surface area contributed by atoms with E-state index in [4.69, 9.17) is 4.74 Å². The van der Waals surface area contributed by atoms with Gasteiger partial charge in [0.25, 0.3) is 0 Å². The van der Waals surface area contributed by atoms with Gasteiger partial charge in [0.1, 0.15) is 5.82 Å². The lowest BCUT2D eigenvalue weighted by atomic mass is 10.1. The fourth-order valence-corrected chi connectivity index (χ4v) is 2.56. The molecule has 0 bridgehead atoms. The fourth-order valence-electron chi connectivity index (χ4n) is 2.56. The molecular formula is C16H25FN2O. The fraction of sp³-hybridized carbons (Fsp3) is 0.625. The zero-order chi connectivity index (χ0) is 14.5. The van der Waals surface area contributed by atoms with Gasteiger partial charge >= 0.3 is 0 Å². The second-order valence-corrected chi connectivity index (χ2v) is 5.88. The van der Waals surface area contributed by atoms with Crippen LogP contribution in [0.2, 0.25) is 0 Å². The average molecular weight is 280 g/mol. The molecule has 1 aromatic carbocycles. The molecule has 0 spiro atoms. The van der Waals surface area contributed by atoms with E-state index in [9.17, 15) is 4.39 Å². The van der Waals surface area contributed by atoms with Crippen LogP contribution in [0.15, 0.2) is 24.3 Å². The molecule has 0 saturated carbocycles. The van der Waals surface area contributed by atoms with Crippen molar-refractivity contribution in [3.05, 3.63) is 30.1 Å². The van der Waals surface area contributed by atoms with Crippen molar-refractivity contribution in [3.8, 4) is 0 Å². The Morgan fingerprint density at radius 1 is 1.35 bits per heavy atom. The van der Waals surface area contributed by atoms with Crippen LogP contribution in [0.3, 0.4) is 0 Å². The number of nitrogens with one attached hydrogen (secondary N) is 1. The third kappa shape index (κ3) is 4.46. The molecule has 0 amide bonds. The van der Waals surface area contributed by atoms with E-state index in [0.717, 1.165) is 31.6 Å². The molecule has 0 aliphatic carbocycles. The van der Waals surface area contributed by atoms with E-state index in [-0.39, 0.29) is 11.9 Å². The Morgan fingerprint density at radius 3 is 2.80 bits per heavy atom. The molecule has 20 heavy (non-hydrogen) atoms. The maximum absolute atomic E-state index is 13.2. The van der Waals surface area contributed by atoms with E-state index in [1.54, 1.807) is 12.1 Å². The van der Waals surface area contributed by atoms with Crippen molar-refractivity contribution >= 4 is 5.69 Å². The molecule has 1 saturated heterocycles. The van der Waals surface area contributed by atoms with Gasteiger partial charge < -0.3 is 15.0 Å². The first-order chi connectivity index (χ1) is 9.54. The number of hydrogen-bond acceptors (Lipinski definition) is 3. The first-order valence-electron chi connectivity index (χ1n) is 7.40. The molecule has 1 N–H and O–H groups in total. The molecule has 0 aromatic heterocycles. The van der Waals surface area contributed by atoms with Crippen LogP contribution in [0.25, 0.3) is 0 Å². The summed E-state index contributed by atoms with van der Waals surface area (Å²) < 4.78 is 19.2. The predicted octanol–water partition coefficient (Wildman–Crippen LogP) is 2.81. The van der Waals surface area contributed by atoms with E-state index >= 15 is 0 Å². The zero-order valence-corrected chi connectivity index (χ0v) is 12.6. The summed E-state index contributed by atoms with van der Waals surface area (Å²) in [5, 5.41) is 3.41. The molecule has 4 heteroatoms. The maximum Gasteiger partial charge on any atom is 0.125 e. The Bertz CT molecular complexity index is 425. The van der Waals surface area contributed by atoms with Crippen molar-refractivity contribution < 1.29 is 9.13 Å². The topological polar surface area (TPSA) is 24.5 Å². The summed E-state index contributed by atoms with van der Waals surface area (Å²) in [5.41, 5.74) is 0.900. The molecule has 1 aliphatic heterocycles. The minimum atomic E-state index is -0.194. The van der Waals surface area contributed by atoms with E-state index < -0.39 is 0 Å². The second kappa shape index (κ2) is 7.04. The summed E-state index contributed by atoms with van der Waals surface area (Å²) in [7, 11) is 1.98. The second-order valence-electron chi connectivity index (χ2n) is 5.88. The third-order valence-electron chi connectivity index (χ3n) is 3.68. The molecule has 2 unspecified atom stereocenters. The first-order valence-corrected chi connectivity index (χ1v) is 7.40. The Kier molecular flexibility index (Phi) is 5.38. The summed E-state index contributed by atoms with van der Waals surface area (Å²) in [6, 6.07) is 7.19. The smallest absolute Gasteiger partial charge is 0.125 e. The Labute approximate surface area is 121 Å². The molecule has 1 aliphatic rings. The van der Waals surface area contributed by atoms with Crippen LogP contribution in [0.5, 0.6) is 0 Å². The lowest BCUT2D eigenvalue weighted by Crippen LogP contribution is -2.34. The van der Waals surface area contributed by atoms with Crippen LogP contribution < -0.4 is 10.2 Å². The molecular weight excluding hydrogens is 255 g/mol. The number of nitrogens with zero attached hydrogens (tertiary/aromatic N) is 1. The third-order valence-corrected chi connectivity index (χ3v) is 3.68. The Morgan fingerprint density at radius 2 is 2.10 bits per heavy atom. The number of ether oxygens (including phenoxy) is 1. The summed E-state index contributed by atoms with van der Waals surface area (Å²) >= 11 is 0. The minimum Gasteiger partial charge on any atom is -0.372 e. The van der Waals surface area contributed by atoms with Gasteiger partial charge in [-0.3, -0.25) is 0 Å². The van der Waals surface area contributed by atoms with Gasteiger partial charge in [-0.1, -0.05) is 19.9 Å². The lowest BCUT2D eigenvalue weighted by molar-refractivity contribution is 0.0489. The highest BCUT2D eigenvalue weighted by atomic mass is 19.1. The van der Waals surface area contributed by atoms with Crippen molar-refractivity contribution in [1.82, 2.24) is 5.32 Å². The molecule has 2 atom stereocenters. The number of hydrogen-bond donors (Lipinski definition) is 1. The molecule has 112 valence electrons. The summed E-state index contributed by atoms with van der Waals surface area (Å²) in [6.07, 6.45) is 2.72. The number of halogens is 1. The average Bonchev–Trinajstić information content (AvgIpc) is 2.84. The molecule has 1 fully saturated rings. The predicted molar refractivity (Wildman–Crippen MR) is 80.7 cm³/mol. The van der Waals surface area contributed by atoms with Crippen LogP contribution in [0.1, 0.15) is 26.7 Å². The highest BCUT2D eigenvalue weighted by Gasteiger charge is 2.26. The highest BCUT2D eigenvalue weighted by Crippen LogP contribution is 2.22. The van der Waals surface area contributed by atoms with E-state index in [2.05, 4.69) is 24.1 Å². The Hall–Kier alpha value is -1.13. The van der Waals surface area contributed by atoms with Crippen molar-refractivity contribution in [3.63, 3.8) is 0 Å². The van der Waals surface area contributed by atoms with Crippen molar-refractivity contribution in [2.75, 3.05) is 25.0 Å². The van der Waals surface area contributed by atoms with Gasteiger partial charge in [-0.15, -0.1) is 0 Å². The van der Waals surface area contributed by atoms with E-state index in [0.29, 0.717) is 12.1 Å². The van der Waals surface area contributed by atoms with Crippen LogP contribution in [-0.2, 0) is 4.74 Å². The van der Waals surface area contributed by atoms with Gasteiger partial charge in [-0.2, -0.15) is 0 Å². The molecule has 3 nitrogen and oxygen atoms in total. The van der Waals surface area contributed by atoms with Crippen molar-refractivity contribution in [2.24, 2.45) is 0 Å². The standard InChI is InChI=1S/C16H25FN2O/c1-12(2)18-10-15-7-8-16(20-15)11-19(3)14-6-4-5-13(17)9-14/h4-6,9,12,15-16,18H,7-8,10-11H2,1-3H3. The summed E-state index contributed by atoms with van der Waals surface area (Å²) in [6.45, 7) is 6.01. The minimum absolute atomic E-state index is 0.194. The number of benzene rings is 1. The monoisotopic (exact) mass is 280 g/mol. The SMILES string of the molecule is CC(C)NCC1CCC(CN(C)c2cccc(F)c2)O1. The van der Waals surface area contributed by atoms with Gasteiger partial charge in [0.05, 0.1) is 12.2 Å². The largest absolute Gasteiger partial charge is 0.372 e. The maximum atomic E-state index is 13.2. The van der Waals surface area contributed by atoms with Crippen LogP contribution in [-0.4, -0.2) is 38.4 Å². The van der Waals surface area contributed by atoms with Gasteiger partial charge in [0, 0.05) is 31.9 Å². The van der Waals surface area contributed by atoms with Gasteiger partial charge in [-0.05, 0) is 31.0 Å². The normalized spacial score (nSPS) is 22.4. The summed E-state index contributed by atoms with van der Waals surface area (Å²) in [4.78, 5) is 2.06. The molecule has 1 aromatic rings. The zero-order valence-electron chi connectivity index (χ0n) is 12.6. The van der Waals surface area contributed by atoms with Crippen LogP contribution in [0, 0.1) is 5.82 Å². The highest BCUT2D eigenvalue weighted by molar-refractivity contribution is 5.45. The van der Waals surface area contributed by atoms with Gasteiger partial charge in [0.2, 0.25) is 0 Å². The van der Waals surface area contributed by atoms with E-state index in [1.807, 2.05) is 13.1 Å². The van der Waals surface area contributed by atoms with E-state index in [1.165, 1.54) is 6.07 Å². The van der Waals surface area contributed by atoms with Gasteiger partial charge in [-0.25, -0.2) is 4.39 Å². The molecule has 2 rings (SSSR count). The lowest BCUT2D eigenvalue weighted by Gasteiger charge is -2.23. The van der Waals surface area contributed by atoms with Crippen molar-refractivity contribution in [1.29, 1.82) is 0 Å². The van der Waals surface area contributed by atoms with Crippen LogP contribution >= 0.6 is 0 Å². The van der Waals surface area contributed by atoms with Crippen molar-refractivity contribution in [2.45, 2.75) is 44.9 Å². The first kappa shape index (κ1) is 15.3. The van der Waals surface area contributed by atoms with Crippen LogP contribution in [0.4, 0.5) is 10.1 Å². The molecule has 0 radical (unpaired) electrons. The van der Waals surface area contributed by atoms with Gasteiger partial charge in [0.15, 0.2) is 0 Å². The number of anilines is 1. The summed E-state index contributed by atoms with van der Waals surface area (Å²) in [5.74, 6) is -0.194.